The highest BCUT2D eigenvalue weighted by atomic mass is 16.6. The topological polar surface area (TPSA) is 89.4 Å². The van der Waals surface area contributed by atoms with Crippen LogP contribution in [0.1, 0.15) is 30.1 Å². The Morgan fingerprint density at radius 1 is 0.818 bits per heavy atom. The van der Waals surface area contributed by atoms with E-state index in [-0.39, 0.29) is 6.54 Å². The van der Waals surface area contributed by atoms with Gasteiger partial charge in [0, 0.05) is 29.4 Å². The number of ether oxygens (including phenoxy) is 5. The Balaban J connectivity index is 2.01. The minimum absolute atomic E-state index is 0.287. The van der Waals surface area contributed by atoms with Crippen LogP contribution in [-0.4, -0.2) is 57.9 Å². The van der Waals surface area contributed by atoms with E-state index in [4.69, 9.17) is 23.7 Å². The van der Waals surface area contributed by atoms with Gasteiger partial charge in [0.05, 0.1) is 42.1 Å². The lowest BCUT2D eigenvalue weighted by atomic mass is 9.82. The van der Waals surface area contributed by atoms with Gasteiger partial charge in [-0.1, -0.05) is 0 Å². The third-order valence-electron chi connectivity index (χ3n) is 7.29. The highest BCUT2D eigenvalue weighted by Crippen LogP contribution is 2.54. The molecule has 1 N–H and O–H groups in total. The number of hydroxylamine groups is 3. The minimum atomic E-state index is -0.906. The van der Waals surface area contributed by atoms with Crippen molar-refractivity contribution in [2.24, 2.45) is 0 Å². The van der Waals surface area contributed by atoms with Crippen LogP contribution in [0.5, 0.6) is 28.7 Å². The SMILES string of the molecule is COc1cc2c3c(c4cc(OC)c(OC)c(OC)c4c2cc1OC)[C@H](O)[C@@H]1CCC[N@@+]1([O-])C3. The van der Waals surface area contributed by atoms with Gasteiger partial charge in [-0.2, -0.15) is 0 Å². The summed E-state index contributed by atoms with van der Waals surface area (Å²) in [6.07, 6.45) is 0.587. The predicted octanol–water partition coefficient (Wildman–Crippen LogP) is 4.06. The largest absolute Gasteiger partial charge is 0.632 e. The molecule has 3 aromatic rings. The summed E-state index contributed by atoms with van der Waals surface area (Å²) in [7, 11) is 7.88. The first kappa shape index (κ1) is 21.9. The zero-order valence-corrected chi connectivity index (χ0v) is 19.6. The molecule has 8 heteroatoms. The highest BCUT2D eigenvalue weighted by molar-refractivity contribution is 6.16. The monoisotopic (exact) mass is 455 g/mol. The number of rotatable bonds is 5. The summed E-state index contributed by atoms with van der Waals surface area (Å²) in [5, 5.41) is 28.5. The lowest BCUT2D eigenvalue weighted by molar-refractivity contribution is -0.912. The van der Waals surface area contributed by atoms with Crippen LogP contribution >= 0.6 is 0 Å². The summed E-state index contributed by atoms with van der Waals surface area (Å²) in [5.41, 5.74) is 1.58. The molecule has 8 nitrogen and oxygen atoms in total. The number of benzene rings is 3. The molecule has 1 saturated heterocycles. The maximum Gasteiger partial charge on any atom is 0.203 e. The average Bonchev–Trinajstić information content (AvgIpc) is 3.23. The molecular weight excluding hydrogens is 426 g/mol. The molecule has 0 saturated carbocycles. The molecule has 0 radical (unpaired) electrons. The molecule has 2 aliphatic rings. The number of nitrogens with zero attached hydrogens (tertiary/aromatic N) is 1. The standard InChI is InChI=1S/C25H29NO7/c1-29-18-9-13-14(10-19(18)30-2)22-15(11-20(31-3)24(32-4)25(22)33-5)21-16(13)12-26(28)8-6-7-17(26)23(21)27/h9-11,17,23,27H,6-8,12H2,1-5H3/t17-,23+,26+/m0/s1. The fourth-order valence-corrected chi connectivity index (χ4v) is 5.83. The van der Waals surface area contributed by atoms with Gasteiger partial charge in [-0.05, 0) is 34.4 Å². The molecule has 3 atom stereocenters. The van der Waals surface area contributed by atoms with E-state index in [0.717, 1.165) is 39.1 Å². The van der Waals surface area contributed by atoms with Crippen molar-refractivity contribution in [1.29, 1.82) is 0 Å². The van der Waals surface area contributed by atoms with Gasteiger partial charge in [-0.3, -0.25) is 0 Å². The molecule has 0 bridgehead atoms. The summed E-state index contributed by atoms with van der Waals surface area (Å²) in [6.45, 7) is 0.791. The molecule has 0 spiro atoms. The molecule has 5 rings (SSSR count). The Labute approximate surface area is 192 Å². The number of hydrogen-bond acceptors (Lipinski definition) is 7. The average molecular weight is 456 g/mol. The summed E-state index contributed by atoms with van der Waals surface area (Å²) >= 11 is 0. The molecule has 1 fully saturated rings. The highest BCUT2D eigenvalue weighted by Gasteiger charge is 2.47. The number of aliphatic hydroxyl groups excluding tert-OH is 1. The number of fused-ring (bicyclic) bond motifs is 7. The van der Waals surface area contributed by atoms with Crippen molar-refractivity contribution < 1.29 is 33.4 Å². The molecule has 0 aromatic heterocycles. The first-order chi connectivity index (χ1) is 15.9. The molecule has 0 amide bonds. The van der Waals surface area contributed by atoms with Crippen molar-refractivity contribution >= 4 is 21.5 Å². The Morgan fingerprint density at radius 2 is 1.42 bits per heavy atom. The second kappa shape index (κ2) is 7.83. The van der Waals surface area contributed by atoms with E-state index in [9.17, 15) is 10.3 Å². The lowest BCUT2D eigenvalue weighted by Crippen LogP contribution is -2.51. The number of hydrogen-bond donors (Lipinski definition) is 1. The number of aliphatic hydroxyl groups is 1. The molecular formula is C25H29NO7. The maximum absolute atomic E-state index is 13.7. The van der Waals surface area contributed by atoms with Crippen LogP contribution in [0.3, 0.4) is 0 Å². The molecule has 0 unspecified atom stereocenters. The zero-order chi connectivity index (χ0) is 23.5. The second-order valence-electron chi connectivity index (χ2n) is 8.70. The molecule has 2 heterocycles. The maximum atomic E-state index is 13.7. The van der Waals surface area contributed by atoms with Gasteiger partial charge in [-0.25, -0.2) is 0 Å². The van der Waals surface area contributed by atoms with Crippen LogP contribution < -0.4 is 23.7 Å². The third kappa shape index (κ3) is 2.94. The Morgan fingerprint density at radius 3 is 2.03 bits per heavy atom. The minimum Gasteiger partial charge on any atom is -0.632 e. The number of methoxy groups -OCH3 is 5. The normalized spacial score (nSPS) is 23.8. The van der Waals surface area contributed by atoms with E-state index in [0.29, 0.717) is 41.7 Å². The fraction of sp³-hybridized carbons (Fsp3) is 0.440. The van der Waals surface area contributed by atoms with Gasteiger partial charge in [0.25, 0.3) is 0 Å². The van der Waals surface area contributed by atoms with E-state index in [1.54, 1.807) is 35.5 Å². The first-order valence-corrected chi connectivity index (χ1v) is 11.0. The Bertz CT molecular complexity index is 1260. The van der Waals surface area contributed by atoms with Crippen molar-refractivity contribution in [3.05, 3.63) is 34.5 Å². The molecule has 0 aliphatic carbocycles. The molecule has 2 aliphatic heterocycles. The van der Waals surface area contributed by atoms with Crippen molar-refractivity contribution in [3.63, 3.8) is 0 Å². The fourth-order valence-electron chi connectivity index (χ4n) is 5.83. The quantitative estimate of drug-likeness (QED) is 0.353. The molecule has 176 valence electrons. The van der Waals surface area contributed by atoms with Gasteiger partial charge in [-0.15, -0.1) is 0 Å². The summed E-state index contributed by atoms with van der Waals surface area (Å²) < 4.78 is 27.9. The van der Waals surface area contributed by atoms with Gasteiger partial charge in [0.15, 0.2) is 23.0 Å². The van der Waals surface area contributed by atoms with Crippen molar-refractivity contribution in [1.82, 2.24) is 0 Å². The number of quaternary nitrogens is 1. The third-order valence-corrected chi connectivity index (χ3v) is 7.29. The predicted molar refractivity (Wildman–Crippen MR) is 124 cm³/mol. The lowest BCUT2D eigenvalue weighted by Gasteiger charge is -2.50. The van der Waals surface area contributed by atoms with Crippen LogP contribution in [0, 0.1) is 5.21 Å². The van der Waals surface area contributed by atoms with Crippen molar-refractivity contribution in [3.8, 4) is 28.7 Å². The zero-order valence-electron chi connectivity index (χ0n) is 19.6. The van der Waals surface area contributed by atoms with Crippen LogP contribution in [0.2, 0.25) is 0 Å². The van der Waals surface area contributed by atoms with Gasteiger partial charge >= 0.3 is 0 Å². The van der Waals surface area contributed by atoms with Crippen molar-refractivity contribution in [2.75, 3.05) is 42.1 Å². The van der Waals surface area contributed by atoms with Crippen LogP contribution in [-0.2, 0) is 6.54 Å². The van der Waals surface area contributed by atoms with E-state index in [2.05, 4.69) is 0 Å². The van der Waals surface area contributed by atoms with Crippen molar-refractivity contribution in [2.45, 2.75) is 31.5 Å². The van der Waals surface area contributed by atoms with E-state index in [1.807, 2.05) is 18.2 Å². The molecule has 3 aromatic carbocycles. The van der Waals surface area contributed by atoms with E-state index in [1.165, 1.54) is 0 Å². The van der Waals surface area contributed by atoms with Gasteiger partial charge in [0.1, 0.15) is 18.7 Å². The van der Waals surface area contributed by atoms with E-state index < -0.39 is 16.8 Å². The Hall–Kier alpha value is -2.94. The van der Waals surface area contributed by atoms with Crippen LogP contribution in [0.25, 0.3) is 21.5 Å². The smallest absolute Gasteiger partial charge is 0.203 e. The van der Waals surface area contributed by atoms with E-state index >= 15 is 0 Å². The Kier molecular flexibility index (Phi) is 5.19. The second-order valence-corrected chi connectivity index (χ2v) is 8.70. The summed E-state index contributed by atoms with van der Waals surface area (Å²) in [4.78, 5) is 0. The summed E-state index contributed by atoms with van der Waals surface area (Å²) in [6, 6.07) is 5.26. The summed E-state index contributed by atoms with van der Waals surface area (Å²) in [5.74, 6) is 2.57. The molecule has 33 heavy (non-hydrogen) atoms. The van der Waals surface area contributed by atoms with Crippen LogP contribution in [0.15, 0.2) is 18.2 Å². The van der Waals surface area contributed by atoms with Gasteiger partial charge in [0.2, 0.25) is 5.75 Å². The van der Waals surface area contributed by atoms with Crippen LogP contribution in [0.4, 0.5) is 0 Å². The first-order valence-electron chi connectivity index (χ1n) is 11.0. The van der Waals surface area contributed by atoms with Gasteiger partial charge < -0.3 is 38.6 Å².